The number of rotatable bonds is 14. The summed E-state index contributed by atoms with van der Waals surface area (Å²) >= 11 is 13.6. The molecule has 5 aromatic carbocycles. The number of pyridine rings is 1. The minimum absolute atomic E-state index is 0.454. The average Bonchev–Trinajstić information content (AvgIpc) is 3.16. The fourth-order valence-electron chi connectivity index (χ4n) is 6.16. The number of benzene rings is 5. The second kappa shape index (κ2) is 17.1. The van der Waals surface area contributed by atoms with E-state index in [9.17, 15) is 0 Å². The fraction of sp³-hybridized carbons (Fsp3) is 0.222. The Bertz CT molecular complexity index is 2040. The summed E-state index contributed by atoms with van der Waals surface area (Å²) in [5.41, 5.74) is 10.3. The first-order chi connectivity index (χ1) is 25.7. The van der Waals surface area contributed by atoms with E-state index in [1.807, 2.05) is 52.0 Å². The molecule has 0 radical (unpaired) electrons. The van der Waals surface area contributed by atoms with Crippen LogP contribution in [0.4, 0.5) is 17.1 Å². The number of ether oxygens (including phenoxy) is 4. The molecule has 6 nitrogen and oxygen atoms in total. The Labute approximate surface area is 322 Å². The molecule has 0 atom stereocenters. The number of hydrogen-bond donors (Lipinski definition) is 0. The van der Waals surface area contributed by atoms with Crippen LogP contribution in [0.15, 0.2) is 109 Å². The standard InChI is InChI=1S/C45H44Cl2N2O4/c1-7-50-42-27-44(52-9-3)38(46)25-36(42)40-23-32(24-41(48-40)37-26-39(47)45(53-10-4)28-43(37)51-8-2)31-15-21-35(22-16-31)49(33-17-11-29(5)12-18-33)34-19-13-30(6)14-20-34/h11-28H,7-10H2,1-6H3. The summed E-state index contributed by atoms with van der Waals surface area (Å²) in [4.78, 5) is 7.45. The van der Waals surface area contributed by atoms with Crippen LogP contribution in [-0.2, 0) is 0 Å². The van der Waals surface area contributed by atoms with Crippen LogP contribution in [0.5, 0.6) is 23.0 Å². The Morgan fingerprint density at radius 2 is 0.811 bits per heavy atom. The third-order valence-corrected chi connectivity index (χ3v) is 9.28. The van der Waals surface area contributed by atoms with Gasteiger partial charge in [-0.05, 0) is 113 Å². The lowest BCUT2D eigenvalue weighted by Crippen LogP contribution is -2.09. The van der Waals surface area contributed by atoms with E-state index in [1.165, 1.54) is 11.1 Å². The predicted molar refractivity (Wildman–Crippen MR) is 219 cm³/mol. The minimum atomic E-state index is 0.454. The number of nitrogens with zero attached hydrogens (tertiary/aromatic N) is 2. The van der Waals surface area contributed by atoms with Gasteiger partial charge >= 0.3 is 0 Å². The molecule has 1 aromatic heterocycles. The lowest BCUT2D eigenvalue weighted by atomic mass is 9.98. The Morgan fingerprint density at radius 3 is 1.19 bits per heavy atom. The molecule has 0 spiro atoms. The molecule has 0 N–H and O–H groups in total. The minimum Gasteiger partial charge on any atom is -0.493 e. The monoisotopic (exact) mass is 746 g/mol. The van der Waals surface area contributed by atoms with Crippen molar-refractivity contribution in [3.8, 4) is 56.6 Å². The first-order valence-corrected chi connectivity index (χ1v) is 18.7. The van der Waals surface area contributed by atoms with Crippen LogP contribution in [0.1, 0.15) is 38.8 Å². The molecule has 53 heavy (non-hydrogen) atoms. The largest absolute Gasteiger partial charge is 0.493 e. The van der Waals surface area contributed by atoms with Gasteiger partial charge in [0, 0.05) is 40.3 Å². The van der Waals surface area contributed by atoms with E-state index in [2.05, 4.69) is 104 Å². The topological polar surface area (TPSA) is 53.1 Å². The van der Waals surface area contributed by atoms with E-state index in [0.717, 1.165) is 39.3 Å². The number of hydrogen-bond acceptors (Lipinski definition) is 6. The van der Waals surface area contributed by atoms with Gasteiger partial charge in [-0.25, -0.2) is 4.98 Å². The maximum absolute atomic E-state index is 6.78. The van der Waals surface area contributed by atoms with E-state index in [1.54, 1.807) is 0 Å². The maximum atomic E-state index is 6.78. The summed E-state index contributed by atoms with van der Waals surface area (Å²) in [6, 6.07) is 37.2. The Morgan fingerprint density at radius 1 is 0.453 bits per heavy atom. The Kier molecular flexibility index (Phi) is 12.1. The van der Waals surface area contributed by atoms with Gasteiger partial charge in [-0.1, -0.05) is 70.7 Å². The molecule has 272 valence electrons. The zero-order valence-electron chi connectivity index (χ0n) is 31.0. The van der Waals surface area contributed by atoms with Gasteiger partial charge in [0.2, 0.25) is 0 Å². The Balaban J connectivity index is 1.53. The number of halogens is 2. The van der Waals surface area contributed by atoms with Crippen molar-refractivity contribution in [1.29, 1.82) is 0 Å². The van der Waals surface area contributed by atoms with Crippen LogP contribution < -0.4 is 23.8 Å². The molecule has 6 rings (SSSR count). The van der Waals surface area contributed by atoms with Gasteiger partial charge in [0.15, 0.2) is 0 Å². The number of aromatic nitrogens is 1. The summed E-state index contributed by atoms with van der Waals surface area (Å²) in [5.74, 6) is 2.34. The fourth-order valence-corrected chi connectivity index (χ4v) is 6.60. The van der Waals surface area contributed by atoms with Crippen molar-refractivity contribution in [1.82, 2.24) is 4.98 Å². The SMILES string of the molecule is CCOc1cc(OCC)c(-c2cc(-c3ccc(N(c4ccc(C)cc4)c4ccc(C)cc4)cc3)cc(-c3cc(Cl)c(OCC)cc3OCC)n2)cc1Cl. The number of anilines is 3. The van der Waals surface area contributed by atoms with Gasteiger partial charge in [0.05, 0.1) is 47.9 Å². The van der Waals surface area contributed by atoms with Crippen LogP contribution >= 0.6 is 23.2 Å². The quantitative estimate of drug-likeness (QED) is 0.111. The third kappa shape index (κ3) is 8.56. The van der Waals surface area contributed by atoms with E-state index in [4.69, 9.17) is 47.1 Å². The summed E-state index contributed by atoms with van der Waals surface area (Å²) in [6.45, 7) is 13.8. The molecule has 8 heteroatoms. The second-order valence-corrected chi connectivity index (χ2v) is 13.3. The van der Waals surface area contributed by atoms with Crippen molar-refractivity contribution in [3.05, 3.63) is 130 Å². The lowest BCUT2D eigenvalue weighted by molar-refractivity contribution is 0.324. The first kappa shape index (κ1) is 37.6. The van der Waals surface area contributed by atoms with Crippen LogP contribution in [0, 0.1) is 13.8 Å². The summed E-state index contributed by atoms with van der Waals surface area (Å²) in [5, 5.41) is 0.935. The van der Waals surface area contributed by atoms with E-state index >= 15 is 0 Å². The molecular weight excluding hydrogens is 703 g/mol. The molecule has 0 bridgehead atoms. The van der Waals surface area contributed by atoms with E-state index in [-0.39, 0.29) is 0 Å². The zero-order chi connectivity index (χ0) is 37.5. The molecule has 6 aromatic rings. The normalized spacial score (nSPS) is 10.9. The maximum Gasteiger partial charge on any atom is 0.141 e. The highest BCUT2D eigenvalue weighted by Gasteiger charge is 2.20. The summed E-state index contributed by atoms with van der Waals surface area (Å²) in [7, 11) is 0. The van der Waals surface area contributed by atoms with Crippen LogP contribution in [-0.4, -0.2) is 31.4 Å². The first-order valence-electron chi connectivity index (χ1n) is 18.0. The van der Waals surface area contributed by atoms with Crippen molar-refractivity contribution < 1.29 is 18.9 Å². The van der Waals surface area contributed by atoms with E-state index in [0.29, 0.717) is 70.9 Å². The molecule has 0 unspecified atom stereocenters. The summed E-state index contributed by atoms with van der Waals surface area (Å²) in [6.07, 6.45) is 0. The van der Waals surface area contributed by atoms with Crippen molar-refractivity contribution >= 4 is 40.3 Å². The highest BCUT2D eigenvalue weighted by Crippen LogP contribution is 2.44. The molecule has 0 saturated carbocycles. The zero-order valence-corrected chi connectivity index (χ0v) is 32.5. The second-order valence-electron chi connectivity index (χ2n) is 12.5. The van der Waals surface area contributed by atoms with Crippen molar-refractivity contribution in [3.63, 3.8) is 0 Å². The molecule has 1 heterocycles. The van der Waals surface area contributed by atoms with Gasteiger partial charge in [0.25, 0.3) is 0 Å². The predicted octanol–water partition coefficient (Wildman–Crippen LogP) is 13.1. The van der Waals surface area contributed by atoms with Gasteiger partial charge < -0.3 is 23.8 Å². The molecule has 0 aliphatic heterocycles. The Hall–Kier alpha value is -5.17. The molecule has 0 amide bonds. The smallest absolute Gasteiger partial charge is 0.141 e. The van der Waals surface area contributed by atoms with Gasteiger partial charge in [-0.2, -0.15) is 0 Å². The van der Waals surface area contributed by atoms with Crippen LogP contribution in [0.25, 0.3) is 33.6 Å². The average molecular weight is 748 g/mol. The van der Waals surface area contributed by atoms with Crippen LogP contribution in [0.3, 0.4) is 0 Å². The van der Waals surface area contributed by atoms with E-state index < -0.39 is 0 Å². The summed E-state index contributed by atoms with van der Waals surface area (Å²) < 4.78 is 23.9. The van der Waals surface area contributed by atoms with Gasteiger partial charge in [0.1, 0.15) is 23.0 Å². The molecule has 0 aliphatic carbocycles. The highest BCUT2D eigenvalue weighted by molar-refractivity contribution is 6.32. The van der Waals surface area contributed by atoms with Gasteiger partial charge in [-0.3, -0.25) is 0 Å². The van der Waals surface area contributed by atoms with Crippen molar-refractivity contribution in [2.45, 2.75) is 41.5 Å². The highest BCUT2D eigenvalue weighted by atomic mass is 35.5. The number of aryl methyl sites for hydroxylation is 2. The molecular formula is C45H44Cl2N2O4. The lowest BCUT2D eigenvalue weighted by Gasteiger charge is -2.26. The van der Waals surface area contributed by atoms with Crippen molar-refractivity contribution in [2.24, 2.45) is 0 Å². The van der Waals surface area contributed by atoms with Gasteiger partial charge in [-0.15, -0.1) is 0 Å². The van der Waals surface area contributed by atoms with Crippen LogP contribution in [0.2, 0.25) is 10.0 Å². The molecule has 0 saturated heterocycles. The molecule has 0 aliphatic rings. The van der Waals surface area contributed by atoms with Crippen molar-refractivity contribution in [2.75, 3.05) is 31.3 Å². The third-order valence-electron chi connectivity index (χ3n) is 8.69. The molecule has 0 fully saturated rings.